The molecule has 0 amide bonds. The Morgan fingerprint density at radius 3 is 3.18 bits per heavy atom. The van der Waals surface area contributed by atoms with E-state index in [0.29, 0.717) is 12.5 Å². The van der Waals surface area contributed by atoms with Gasteiger partial charge in [0.1, 0.15) is 11.5 Å². The number of benzene rings is 1. The summed E-state index contributed by atoms with van der Waals surface area (Å²) in [5.74, 6) is 2.14. The summed E-state index contributed by atoms with van der Waals surface area (Å²) in [6, 6.07) is 7.92. The summed E-state index contributed by atoms with van der Waals surface area (Å²) < 4.78 is 13.2. The van der Waals surface area contributed by atoms with Crippen LogP contribution < -0.4 is 9.47 Å². The van der Waals surface area contributed by atoms with Gasteiger partial charge in [0.25, 0.3) is 0 Å². The number of methoxy groups -OCH3 is 1. The molecule has 0 saturated heterocycles. The van der Waals surface area contributed by atoms with Crippen molar-refractivity contribution in [3.05, 3.63) is 48.4 Å². The molecular weight excluding hydrogens is 278 g/mol. The van der Waals surface area contributed by atoms with E-state index in [1.54, 1.807) is 7.11 Å². The Hall–Kier alpha value is -2.56. The van der Waals surface area contributed by atoms with Crippen molar-refractivity contribution in [3.63, 3.8) is 0 Å². The zero-order chi connectivity index (χ0) is 14.9. The number of rotatable bonds is 3. The Kier molecular flexibility index (Phi) is 3.18. The van der Waals surface area contributed by atoms with Gasteiger partial charge in [-0.1, -0.05) is 0 Å². The summed E-state index contributed by atoms with van der Waals surface area (Å²) in [4.78, 5) is 4.47. The SMILES string of the molecule is COc1ccc2ncc3c(c2c1)CC(Cn1cccn1)CO3. The smallest absolute Gasteiger partial charge is 0.141 e. The van der Waals surface area contributed by atoms with Crippen LogP contribution in [0.15, 0.2) is 42.9 Å². The zero-order valence-electron chi connectivity index (χ0n) is 12.4. The van der Waals surface area contributed by atoms with Gasteiger partial charge in [-0.25, -0.2) is 0 Å². The fourth-order valence-electron chi connectivity index (χ4n) is 3.02. The molecule has 0 N–H and O–H groups in total. The molecule has 3 heterocycles. The molecule has 2 aromatic heterocycles. The van der Waals surface area contributed by atoms with E-state index in [2.05, 4.69) is 10.1 Å². The minimum atomic E-state index is 0.407. The molecule has 0 bridgehead atoms. The maximum Gasteiger partial charge on any atom is 0.141 e. The van der Waals surface area contributed by atoms with E-state index in [-0.39, 0.29) is 0 Å². The summed E-state index contributed by atoms with van der Waals surface area (Å²) in [5, 5.41) is 5.40. The van der Waals surface area contributed by atoms with Crippen LogP contribution in [0.4, 0.5) is 0 Å². The first-order valence-corrected chi connectivity index (χ1v) is 7.39. The summed E-state index contributed by atoms with van der Waals surface area (Å²) in [5.41, 5.74) is 2.19. The second-order valence-electron chi connectivity index (χ2n) is 5.59. The van der Waals surface area contributed by atoms with Crippen LogP contribution in [-0.2, 0) is 13.0 Å². The number of hydrogen-bond donors (Lipinski definition) is 0. The van der Waals surface area contributed by atoms with Crippen LogP contribution in [0.2, 0.25) is 0 Å². The topological polar surface area (TPSA) is 49.2 Å². The first-order valence-electron chi connectivity index (χ1n) is 7.39. The summed E-state index contributed by atoms with van der Waals surface area (Å²) in [7, 11) is 1.68. The van der Waals surface area contributed by atoms with E-state index < -0.39 is 0 Å². The van der Waals surface area contributed by atoms with Gasteiger partial charge in [0.15, 0.2) is 0 Å². The predicted molar refractivity (Wildman–Crippen MR) is 83.2 cm³/mol. The predicted octanol–water partition coefficient (Wildman–Crippen LogP) is 2.69. The van der Waals surface area contributed by atoms with Crippen molar-refractivity contribution in [3.8, 4) is 11.5 Å². The quantitative estimate of drug-likeness (QED) is 0.745. The van der Waals surface area contributed by atoms with Gasteiger partial charge in [0.05, 0.1) is 25.4 Å². The van der Waals surface area contributed by atoms with Crippen molar-refractivity contribution in [2.75, 3.05) is 13.7 Å². The molecule has 1 aliphatic heterocycles. The normalized spacial score (nSPS) is 17.0. The monoisotopic (exact) mass is 295 g/mol. The Balaban J connectivity index is 1.70. The summed E-state index contributed by atoms with van der Waals surface area (Å²) in [6.07, 6.45) is 6.58. The maximum atomic E-state index is 5.92. The highest BCUT2D eigenvalue weighted by atomic mass is 16.5. The highest BCUT2D eigenvalue weighted by Gasteiger charge is 2.23. The van der Waals surface area contributed by atoms with Crippen molar-refractivity contribution >= 4 is 10.9 Å². The molecule has 0 saturated carbocycles. The van der Waals surface area contributed by atoms with Gasteiger partial charge in [-0.2, -0.15) is 5.10 Å². The molecule has 4 rings (SSSR count). The third-order valence-electron chi connectivity index (χ3n) is 4.12. The lowest BCUT2D eigenvalue weighted by Crippen LogP contribution is -2.25. The van der Waals surface area contributed by atoms with Gasteiger partial charge >= 0.3 is 0 Å². The number of pyridine rings is 1. The third kappa shape index (κ3) is 2.28. The minimum absolute atomic E-state index is 0.407. The molecule has 0 spiro atoms. The van der Waals surface area contributed by atoms with E-state index in [0.717, 1.165) is 35.4 Å². The highest BCUT2D eigenvalue weighted by Crippen LogP contribution is 2.34. The minimum Gasteiger partial charge on any atom is -0.497 e. The lowest BCUT2D eigenvalue weighted by molar-refractivity contribution is 0.202. The average Bonchev–Trinajstić information content (AvgIpc) is 3.07. The molecule has 1 aliphatic rings. The second kappa shape index (κ2) is 5.33. The van der Waals surface area contributed by atoms with Gasteiger partial charge < -0.3 is 9.47 Å². The molecule has 0 radical (unpaired) electrons. The standard InChI is InChI=1S/C17H17N3O2/c1-21-13-3-4-16-14(8-13)15-7-12(10-20-6-2-5-19-20)11-22-17(15)9-18-16/h2-6,8-9,12H,7,10-11H2,1H3. The molecule has 5 nitrogen and oxygen atoms in total. The molecular formula is C17H17N3O2. The Morgan fingerprint density at radius 2 is 2.36 bits per heavy atom. The molecule has 1 atom stereocenters. The molecule has 1 aromatic carbocycles. The van der Waals surface area contributed by atoms with Crippen LogP contribution in [0, 0.1) is 5.92 Å². The van der Waals surface area contributed by atoms with E-state index in [1.807, 2.05) is 47.5 Å². The number of ether oxygens (including phenoxy) is 2. The third-order valence-corrected chi connectivity index (χ3v) is 4.12. The van der Waals surface area contributed by atoms with Gasteiger partial charge in [0, 0.05) is 35.8 Å². The van der Waals surface area contributed by atoms with Crippen LogP contribution in [0.5, 0.6) is 11.5 Å². The van der Waals surface area contributed by atoms with Gasteiger partial charge in [-0.3, -0.25) is 9.67 Å². The van der Waals surface area contributed by atoms with E-state index in [1.165, 1.54) is 5.56 Å². The largest absolute Gasteiger partial charge is 0.497 e. The lowest BCUT2D eigenvalue weighted by Gasteiger charge is -2.26. The highest BCUT2D eigenvalue weighted by molar-refractivity contribution is 5.85. The number of nitrogens with zero attached hydrogens (tertiary/aromatic N) is 3. The lowest BCUT2D eigenvalue weighted by atomic mass is 9.94. The number of aromatic nitrogens is 3. The summed E-state index contributed by atoms with van der Waals surface area (Å²) >= 11 is 0. The van der Waals surface area contributed by atoms with Crippen molar-refractivity contribution in [1.29, 1.82) is 0 Å². The van der Waals surface area contributed by atoms with Gasteiger partial charge in [0.2, 0.25) is 0 Å². The molecule has 0 fully saturated rings. The van der Waals surface area contributed by atoms with Crippen molar-refractivity contribution < 1.29 is 9.47 Å². The molecule has 1 unspecified atom stereocenters. The van der Waals surface area contributed by atoms with Gasteiger partial charge in [-0.05, 0) is 30.7 Å². The first kappa shape index (κ1) is 13.1. The van der Waals surface area contributed by atoms with Crippen LogP contribution in [0.25, 0.3) is 10.9 Å². The van der Waals surface area contributed by atoms with Crippen molar-refractivity contribution in [2.45, 2.75) is 13.0 Å². The zero-order valence-corrected chi connectivity index (χ0v) is 12.4. The Labute approximate surface area is 128 Å². The van der Waals surface area contributed by atoms with E-state index >= 15 is 0 Å². The van der Waals surface area contributed by atoms with Crippen molar-refractivity contribution in [1.82, 2.24) is 14.8 Å². The second-order valence-corrected chi connectivity index (χ2v) is 5.59. The van der Waals surface area contributed by atoms with Crippen LogP contribution >= 0.6 is 0 Å². The van der Waals surface area contributed by atoms with E-state index in [4.69, 9.17) is 9.47 Å². The van der Waals surface area contributed by atoms with Crippen LogP contribution in [-0.4, -0.2) is 28.5 Å². The van der Waals surface area contributed by atoms with Gasteiger partial charge in [-0.15, -0.1) is 0 Å². The number of hydrogen-bond acceptors (Lipinski definition) is 4. The molecule has 112 valence electrons. The fourth-order valence-corrected chi connectivity index (χ4v) is 3.02. The molecule has 3 aromatic rings. The maximum absolute atomic E-state index is 5.92. The first-order chi connectivity index (χ1) is 10.8. The van der Waals surface area contributed by atoms with Crippen LogP contribution in [0.3, 0.4) is 0 Å². The Bertz CT molecular complexity index is 794. The number of fused-ring (bicyclic) bond motifs is 3. The van der Waals surface area contributed by atoms with E-state index in [9.17, 15) is 0 Å². The fraction of sp³-hybridized carbons (Fsp3) is 0.294. The molecule has 0 aliphatic carbocycles. The van der Waals surface area contributed by atoms with Crippen LogP contribution in [0.1, 0.15) is 5.56 Å². The summed E-state index contributed by atoms with van der Waals surface area (Å²) in [6.45, 7) is 1.56. The van der Waals surface area contributed by atoms with Crippen molar-refractivity contribution in [2.24, 2.45) is 5.92 Å². The molecule has 5 heteroatoms. The Morgan fingerprint density at radius 1 is 1.41 bits per heavy atom. The molecule has 22 heavy (non-hydrogen) atoms. The average molecular weight is 295 g/mol.